The highest BCUT2D eigenvalue weighted by molar-refractivity contribution is 5.78. The molecule has 0 aliphatic heterocycles. The molecular formula is C24H8F4N6O3. The van der Waals surface area contributed by atoms with Crippen LogP contribution >= 0.6 is 0 Å². The van der Waals surface area contributed by atoms with E-state index < -0.39 is 23.3 Å². The fraction of sp³-hybridized carbons (Fsp3) is 0. The van der Waals surface area contributed by atoms with Gasteiger partial charge in [-0.1, -0.05) is 12.1 Å². The lowest BCUT2D eigenvalue weighted by Gasteiger charge is -2.01. The smallest absolute Gasteiger partial charge is 0.266 e. The lowest BCUT2D eigenvalue weighted by molar-refractivity contribution is 0.545. The second-order valence-corrected chi connectivity index (χ2v) is 7.80. The molecule has 0 saturated carbocycles. The number of para-hydroxylation sites is 2. The van der Waals surface area contributed by atoms with E-state index in [1.807, 2.05) is 0 Å². The molecule has 0 amide bonds. The van der Waals surface area contributed by atoms with E-state index >= 15 is 0 Å². The number of nitrogens with zero attached hydrogens (tertiary/aromatic N) is 6. The van der Waals surface area contributed by atoms with E-state index in [9.17, 15) is 17.6 Å². The third-order valence-corrected chi connectivity index (χ3v) is 5.32. The summed E-state index contributed by atoms with van der Waals surface area (Å²) in [6.45, 7) is 0. The van der Waals surface area contributed by atoms with Gasteiger partial charge in [0.25, 0.3) is 17.7 Å². The number of fused-ring (bicyclic) bond motifs is 3. The summed E-state index contributed by atoms with van der Waals surface area (Å²) in [6.07, 6.45) is 0. The van der Waals surface area contributed by atoms with Crippen LogP contribution in [0.25, 0.3) is 68.4 Å². The predicted octanol–water partition coefficient (Wildman–Crippen LogP) is 5.85. The number of hydrogen-bond acceptors (Lipinski definition) is 9. The van der Waals surface area contributed by atoms with Gasteiger partial charge in [0.05, 0.1) is 0 Å². The van der Waals surface area contributed by atoms with Gasteiger partial charge in [0.1, 0.15) is 28.2 Å². The molecule has 7 aromatic rings. The van der Waals surface area contributed by atoms with Crippen LogP contribution in [0.3, 0.4) is 0 Å². The van der Waals surface area contributed by atoms with Crippen LogP contribution in [0.1, 0.15) is 0 Å². The van der Waals surface area contributed by atoms with Gasteiger partial charge in [-0.3, -0.25) is 0 Å². The Balaban J connectivity index is 1.46. The molecule has 0 aliphatic carbocycles. The van der Waals surface area contributed by atoms with Crippen molar-refractivity contribution in [3.05, 3.63) is 71.8 Å². The van der Waals surface area contributed by atoms with Crippen molar-refractivity contribution in [2.24, 2.45) is 0 Å². The maximum absolute atomic E-state index is 14.2. The monoisotopic (exact) mass is 504 g/mol. The fourth-order valence-electron chi connectivity index (χ4n) is 3.74. The van der Waals surface area contributed by atoms with E-state index in [0.717, 1.165) is 12.1 Å². The zero-order valence-electron chi connectivity index (χ0n) is 18.0. The molecule has 0 fully saturated rings. The normalized spacial score (nSPS) is 11.8. The van der Waals surface area contributed by atoms with Crippen LogP contribution in [-0.2, 0) is 0 Å². The van der Waals surface area contributed by atoms with Crippen LogP contribution in [0.2, 0.25) is 0 Å². The average Bonchev–Trinajstić information content (AvgIpc) is 3.60. The molecule has 4 heterocycles. The summed E-state index contributed by atoms with van der Waals surface area (Å²) >= 11 is 0. The molecule has 3 aromatic carbocycles. The standard InChI is InChI=1S/C24H8F4N6O3/c25-9-5-11(27)17-14(7-9)30-23(36-17)20-32-19(22-29-13-3-1-2-4-16(13)35-22)33-21(34-20)24-31-15-8-10(26)6-12(28)18(15)37-24/h1-8H. The highest BCUT2D eigenvalue weighted by Gasteiger charge is 2.23. The minimum absolute atomic E-state index is 0.0206. The minimum atomic E-state index is -0.973. The van der Waals surface area contributed by atoms with Crippen molar-refractivity contribution >= 4 is 33.3 Å². The van der Waals surface area contributed by atoms with Gasteiger partial charge in [0.2, 0.25) is 17.5 Å². The third kappa shape index (κ3) is 3.47. The summed E-state index contributed by atoms with van der Waals surface area (Å²) in [5, 5.41) is 0. The Morgan fingerprint density at radius 2 is 0.946 bits per heavy atom. The molecule has 0 bridgehead atoms. The third-order valence-electron chi connectivity index (χ3n) is 5.32. The molecule has 0 atom stereocenters. The molecule has 180 valence electrons. The van der Waals surface area contributed by atoms with Crippen LogP contribution < -0.4 is 0 Å². The van der Waals surface area contributed by atoms with E-state index in [2.05, 4.69) is 29.9 Å². The number of benzene rings is 3. The summed E-state index contributed by atoms with van der Waals surface area (Å²) in [7, 11) is 0. The van der Waals surface area contributed by atoms with Gasteiger partial charge < -0.3 is 13.3 Å². The molecule has 0 unspecified atom stereocenters. The van der Waals surface area contributed by atoms with Crippen molar-refractivity contribution in [2.45, 2.75) is 0 Å². The predicted molar refractivity (Wildman–Crippen MR) is 119 cm³/mol. The van der Waals surface area contributed by atoms with E-state index in [1.165, 1.54) is 0 Å². The lowest BCUT2D eigenvalue weighted by atomic mass is 10.3. The van der Waals surface area contributed by atoms with Crippen LogP contribution in [0.15, 0.2) is 61.8 Å². The molecule has 37 heavy (non-hydrogen) atoms. The Hall–Kier alpha value is -5.20. The van der Waals surface area contributed by atoms with E-state index in [1.54, 1.807) is 24.3 Å². The molecule has 0 spiro atoms. The highest BCUT2D eigenvalue weighted by atomic mass is 19.1. The molecule has 0 saturated heterocycles. The largest absolute Gasteiger partial charge is 0.434 e. The zero-order valence-corrected chi connectivity index (χ0v) is 18.0. The molecule has 7 rings (SSSR count). The van der Waals surface area contributed by atoms with Crippen molar-refractivity contribution in [3.63, 3.8) is 0 Å². The highest BCUT2D eigenvalue weighted by Crippen LogP contribution is 2.31. The Morgan fingerprint density at radius 1 is 0.486 bits per heavy atom. The van der Waals surface area contributed by atoms with Crippen molar-refractivity contribution in [1.29, 1.82) is 0 Å². The Morgan fingerprint density at radius 3 is 1.46 bits per heavy atom. The molecule has 4 aromatic heterocycles. The topological polar surface area (TPSA) is 117 Å². The minimum Gasteiger partial charge on any atom is -0.434 e. The van der Waals surface area contributed by atoms with Gasteiger partial charge in [-0.25, -0.2) is 32.5 Å². The van der Waals surface area contributed by atoms with E-state index in [-0.39, 0.29) is 57.3 Å². The van der Waals surface area contributed by atoms with Crippen LogP contribution in [0.5, 0.6) is 0 Å². The number of oxazole rings is 3. The maximum Gasteiger partial charge on any atom is 0.266 e. The van der Waals surface area contributed by atoms with Gasteiger partial charge in [-0.05, 0) is 12.1 Å². The molecular weight excluding hydrogens is 496 g/mol. The van der Waals surface area contributed by atoms with Crippen molar-refractivity contribution in [3.8, 4) is 35.1 Å². The first kappa shape index (κ1) is 21.1. The van der Waals surface area contributed by atoms with Crippen molar-refractivity contribution in [1.82, 2.24) is 29.9 Å². The molecule has 13 heteroatoms. The number of hydrogen-bond donors (Lipinski definition) is 0. The summed E-state index contributed by atoms with van der Waals surface area (Å²) in [5.74, 6) is -4.81. The molecule has 0 N–H and O–H groups in total. The summed E-state index contributed by atoms with van der Waals surface area (Å²) in [6, 6.07) is 10.2. The second kappa shape index (κ2) is 7.65. The van der Waals surface area contributed by atoms with Gasteiger partial charge in [-0.15, -0.1) is 0 Å². The zero-order chi connectivity index (χ0) is 25.3. The second-order valence-electron chi connectivity index (χ2n) is 7.80. The van der Waals surface area contributed by atoms with Crippen LogP contribution in [0.4, 0.5) is 17.6 Å². The Labute approximate surface area is 201 Å². The van der Waals surface area contributed by atoms with Crippen LogP contribution in [0, 0.1) is 23.3 Å². The number of halogens is 4. The SMILES string of the molecule is Fc1cc(F)c2oc(-c3nc(-c4nc5ccccc5o4)nc(-c4nc5cc(F)cc(F)c5o4)n3)nc2c1. The molecule has 0 radical (unpaired) electrons. The van der Waals surface area contributed by atoms with Gasteiger partial charge in [0, 0.05) is 24.3 Å². The lowest BCUT2D eigenvalue weighted by Crippen LogP contribution is -2.00. The average molecular weight is 504 g/mol. The summed E-state index contributed by atoms with van der Waals surface area (Å²) < 4.78 is 72.5. The van der Waals surface area contributed by atoms with E-state index in [4.69, 9.17) is 13.3 Å². The van der Waals surface area contributed by atoms with Gasteiger partial charge in [0.15, 0.2) is 28.4 Å². The molecule has 0 aliphatic rings. The van der Waals surface area contributed by atoms with Crippen molar-refractivity contribution < 1.29 is 30.8 Å². The fourth-order valence-corrected chi connectivity index (χ4v) is 3.74. The van der Waals surface area contributed by atoms with Gasteiger partial charge in [-0.2, -0.15) is 15.0 Å². The Kier molecular flexibility index (Phi) is 4.36. The van der Waals surface area contributed by atoms with Crippen molar-refractivity contribution in [2.75, 3.05) is 0 Å². The van der Waals surface area contributed by atoms with Gasteiger partial charge >= 0.3 is 0 Å². The van der Waals surface area contributed by atoms with E-state index in [0.29, 0.717) is 23.2 Å². The van der Waals surface area contributed by atoms with Crippen LogP contribution in [-0.4, -0.2) is 29.9 Å². The first-order valence-electron chi connectivity index (χ1n) is 10.6. The Bertz CT molecular complexity index is 1880. The number of rotatable bonds is 3. The first-order chi connectivity index (χ1) is 17.9. The summed E-state index contributed by atoms with van der Waals surface area (Å²) in [4.78, 5) is 25.3. The number of aromatic nitrogens is 6. The molecule has 9 nitrogen and oxygen atoms in total. The summed E-state index contributed by atoms with van der Waals surface area (Å²) in [5.41, 5.74) is 0.0941. The quantitative estimate of drug-likeness (QED) is 0.273. The maximum atomic E-state index is 14.2. The first-order valence-corrected chi connectivity index (χ1v) is 10.6.